The summed E-state index contributed by atoms with van der Waals surface area (Å²) in [5.74, 6) is 0.382. The third-order valence-electron chi connectivity index (χ3n) is 5.62. The van der Waals surface area contributed by atoms with Crippen LogP contribution in [0.2, 0.25) is 0 Å². The van der Waals surface area contributed by atoms with Crippen molar-refractivity contribution < 1.29 is 15.0 Å². The molecule has 6 rings (SSSR count). The highest BCUT2D eigenvalue weighted by atomic mass is 35.5. The van der Waals surface area contributed by atoms with E-state index < -0.39 is 9.85 Å². The zero-order valence-electron chi connectivity index (χ0n) is 19.3. The summed E-state index contributed by atoms with van der Waals surface area (Å²) in [6, 6.07) is 13.1. The average Bonchev–Trinajstić information content (AvgIpc) is 3.69. The Morgan fingerprint density at radius 2 is 1.24 bits per heavy atom. The van der Waals surface area contributed by atoms with Gasteiger partial charge in [0.1, 0.15) is 0 Å². The molecule has 0 saturated heterocycles. The number of halogens is 1. The molecule has 192 valence electrons. The molecule has 1 N–H and O–H groups in total. The number of imidazole rings is 2. The van der Waals surface area contributed by atoms with Gasteiger partial charge in [-0.05, 0) is 12.1 Å². The van der Waals surface area contributed by atoms with Gasteiger partial charge in [0.15, 0.2) is 9.92 Å². The summed E-state index contributed by atoms with van der Waals surface area (Å²) in [5, 5.41) is 35.0. The summed E-state index contributed by atoms with van der Waals surface area (Å²) in [7, 11) is 0. The molecule has 38 heavy (non-hydrogen) atoms. The molecule has 0 aliphatic heterocycles. The molecule has 0 radical (unpaired) electrons. The van der Waals surface area contributed by atoms with Crippen LogP contribution in [0.3, 0.4) is 0 Å². The van der Waals surface area contributed by atoms with Crippen LogP contribution in [0.5, 0.6) is 0 Å². The number of alkyl halides is 1. The predicted octanol–water partition coefficient (Wildman–Crippen LogP) is 6.17. The van der Waals surface area contributed by atoms with E-state index in [4.69, 9.17) is 11.6 Å². The fourth-order valence-corrected chi connectivity index (χ4v) is 5.86. The minimum absolute atomic E-state index is 0.0267. The lowest BCUT2D eigenvalue weighted by molar-refractivity contribution is -0.384. The summed E-state index contributed by atoms with van der Waals surface area (Å²) in [6.45, 7) is -0.0906. The summed E-state index contributed by atoms with van der Waals surface area (Å²) in [5.41, 5.74) is 3.85. The summed E-state index contributed by atoms with van der Waals surface area (Å²) < 4.78 is 3.61. The van der Waals surface area contributed by atoms with E-state index in [1.807, 2.05) is 15.2 Å². The van der Waals surface area contributed by atoms with Gasteiger partial charge < -0.3 is 5.11 Å². The first-order valence-electron chi connectivity index (χ1n) is 11.0. The Morgan fingerprint density at radius 1 is 0.789 bits per heavy atom. The molecule has 0 aliphatic carbocycles. The second kappa shape index (κ2) is 10.7. The van der Waals surface area contributed by atoms with Gasteiger partial charge in [-0.1, -0.05) is 24.3 Å². The van der Waals surface area contributed by atoms with Gasteiger partial charge in [0, 0.05) is 41.0 Å². The average molecular weight is 569 g/mol. The third-order valence-corrected chi connectivity index (χ3v) is 7.67. The molecule has 0 unspecified atom stereocenters. The lowest BCUT2D eigenvalue weighted by Crippen LogP contribution is -1.91. The number of aromatic nitrogens is 4. The van der Waals surface area contributed by atoms with Crippen molar-refractivity contribution in [3.05, 3.63) is 103 Å². The molecule has 14 heteroatoms. The van der Waals surface area contributed by atoms with E-state index in [1.54, 1.807) is 53.2 Å². The number of benzene rings is 2. The van der Waals surface area contributed by atoms with E-state index in [0.717, 1.165) is 16.3 Å². The highest BCUT2D eigenvalue weighted by Crippen LogP contribution is 2.32. The fourth-order valence-electron chi connectivity index (χ4n) is 3.83. The lowest BCUT2D eigenvalue weighted by Gasteiger charge is -1.98. The summed E-state index contributed by atoms with van der Waals surface area (Å²) >= 11 is 8.69. The van der Waals surface area contributed by atoms with Crippen molar-refractivity contribution in [1.82, 2.24) is 18.8 Å². The number of fused-ring (bicyclic) bond motifs is 2. The molecule has 0 fully saturated rings. The largest absolute Gasteiger partial charge is 0.390 e. The van der Waals surface area contributed by atoms with Crippen LogP contribution >= 0.6 is 34.3 Å². The molecule has 6 aromatic rings. The normalized spacial score (nSPS) is 11.0. The van der Waals surface area contributed by atoms with Gasteiger partial charge in [0.05, 0.1) is 50.5 Å². The van der Waals surface area contributed by atoms with Crippen molar-refractivity contribution in [2.45, 2.75) is 12.5 Å². The van der Waals surface area contributed by atoms with Crippen molar-refractivity contribution in [1.29, 1.82) is 0 Å². The number of nitro benzene ring substituents is 2. The zero-order valence-corrected chi connectivity index (χ0v) is 21.7. The number of hydrogen-bond acceptors (Lipinski definition) is 9. The van der Waals surface area contributed by atoms with Crippen molar-refractivity contribution in [2.75, 3.05) is 0 Å². The van der Waals surface area contributed by atoms with Crippen molar-refractivity contribution in [2.24, 2.45) is 0 Å². The molecule has 0 atom stereocenters. The molecule has 0 saturated carbocycles. The first-order valence-corrected chi connectivity index (χ1v) is 13.3. The topological polar surface area (TPSA) is 141 Å². The minimum Gasteiger partial charge on any atom is -0.390 e. The highest BCUT2D eigenvalue weighted by Gasteiger charge is 2.19. The van der Waals surface area contributed by atoms with Gasteiger partial charge >= 0.3 is 0 Å². The first-order chi connectivity index (χ1) is 18.4. The Morgan fingerprint density at radius 3 is 1.68 bits per heavy atom. The Bertz CT molecular complexity index is 1660. The van der Waals surface area contributed by atoms with Gasteiger partial charge in [-0.25, -0.2) is 9.97 Å². The molecular weight excluding hydrogens is 552 g/mol. The summed E-state index contributed by atoms with van der Waals surface area (Å²) in [6.07, 6.45) is 3.49. The quantitative estimate of drug-likeness (QED) is 0.144. The van der Waals surface area contributed by atoms with Gasteiger partial charge in [-0.3, -0.25) is 29.0 Å². The molecule has 0 aliphatic rings. The maximum Gasteiger partial charge on any atom is 0.278 e. The minimum atomic E-state index is -0.421. The van der Waals surface area contributed by atoms with Crippen LogP contribution in [0, 0.1) is 20.2 Å². The molecule has 2 aromatic carbocycles. The van der Waals surface area contributed by atoms with Crippen LogP contribution in [0.4, 0.5) is 11.4 Å². The Kier molecular flexibility index (Phi) is 7.15. The molecule has 0 spiro atoms. The molecule has 0 amide bonds. The Hall–Kier alpha value is -4.17. The number of aliphatic hydroxyl groups is 1. The van der Waals surface area contributed by atoms with Gasteiger partial charge in [-0.2, -0.15) is 0 Å². The van der Waals surface area contributed by atoms with Crippen molar-refractivity contribution >= 4 is 55.6 Å². The standard InChI is InChI=1S/C12H8ClN3O2S.C12H9N3O3S/c13-5-8-7-19-12-14-10(6-15(8)12)9-3-1-2-4-11(9)16(17)18;16-6-8-7-19-12-13-10(5-14(8)12)9-3-1-2-4-11(9)15(17)18/h1-4,6-7H,5H2;1-5,7,16H,6H2. The Labute approximate surface area is 227 Å². The highest BCUT2D eigenvalue weighted by molar-refractivity contribution is 7.15. The number of nitrogens with zero attached hydrogens (tertiary/aromatic N) is 6. The summed E-state index contributed by atoms with van der Waals surface area (Å²) in [4.78, 5) is 31.5. The molecule has 4 aromatic heterocycles. The monoisotopic (exact) mass is 568 g/mol. The van der Waals surface area contributed by atoms with Gasteiger partial charge in [0.2, 0.25) is 0 Å². The molecule has 4 heterocycles. The number of aliphatic hydroxyl groups excluding tert-OH is 1. The van der Waals surface area contributed by atoms with Crippen LogP contribution in [0.25, 0.3) is 32.4 Å². The number of para-hydroxylation sites is 2. The van der Waals surface area contributed by atoms with Crippen LogP contribution < -0.4 is 0 Å². The predicted molar refractivity (Wildman–Crippen MR) is 146 cm³/mol. The van der Waals surface area contributed by atoms with Gasteiger partial charge in [-0.15, -0.1) is 34.3 Å². The van der Waals surface area contributed by atoms with E-state index in [0.29, 0.717) is 33.4 Å². The van der Waals surface area contributed by atoms with E-state index in [-0.39, 0.29) is 18.0 Å². The van der Waals surface area contributed by atoms with E-state index in [1.165, 1.54) is 34.8 Å². The second-order valence-corrected chi connectivity index (χ2v) is 9.79. The fraction of sp³-hybridized carbons (Fsp3) is 0.0833. The molecule has 0 bridgehead atoms. The zero-order chi connectivity index (χ0) is 26.8. The van der Waals surface area contributed by atoms with E-state index in [9.17, 15) is 25.3 Å². The maximum absolute atomic E-state index is 11.0. The van der Waals surface area contributed by atoms with Crippen LogP contribution in [0.15, 0.2) is 71.7 Å². The van der Waals surface area contributed by atoms with Crippen LogP contribution in [-0.4, -0.2) is 33.7 Å². The van der Waals surface area contributed by atoms with Crippen LogP contribution in [-0.2, 0) is 12.5 Å². The van der Waals surface area contributed by atoms with E-state index >= 15 is 0 Å². The molecular formula is C24H17ClN6O5S2. The third kappa shape index (κ3) is 4.75. The second-order valence-electron chi connectivity index (χ2n) is 7.85. The number of rotatable bonds is 6. The Balaban J connectivity index is 0.000000155. The first kappa shape index (κ1) is 25.5. The smallest absolute Gasteiger partial charge is 0.278 e. The van der Waals surface area contributed by atoms with E-state index in [2.05, 4.69) is 9.97 Å². The number of nitro groups is 2. The van der Waals surface area contributed by atoms with Crippen molar-refractivity contribution in [3.63, 3.8) is 0 Å². The SMILES string of the molecule is O=[N+]([O-])c1ccccc1-c1cn2c(CCl)csc2n1.O=[N+]([O-])c1ccccc1-c1cn2c(CO)csc2n1. The van der Waals surface area contributed by atoms with Crippen molar-refractivity contribution in [3.8, 4) is 22.5 Å². The maximum atomic E-state index is 11.0. The molecule has 11 nitrogen and oxygen atoms in total. The van der Waals surface area contributed by atoms with Gasteiger partial charge in [0.25, 0.3) is 11.4 Å². The lowest BCUT2D eigenvalue weighted by atomic mass is 10.1. The van der Waals surface area contributed by atoms with Crippen LogP contribution in [0.1, 0.15) is 11.4 Å². The number of hydrogen-bond donors (Lipinski definition) is 1. The number of thiazole rings is 2.